The summed E-state index contributed by atoms with van der Waals surface area (Å²) in [6.45, 7) is 1.97. The molecule has 0 radical (unpaired) electrons. The molecule has 0 heterocycles. The largest absolute Gasteiger partial charge is 0.378 e. The van der Waals surface area contributed by atoms with Gasteiger partial charge in [-0.05, 0) is 52.2 Å². The van der Waals surface area contributed by atoms with Crippen molar-refractivity contribution in [3.63, 3.8) is 0 Å². The first-order chi connectivity index (χ1) is 9.97. The molecule has 0 aliphatic rings. The van der Waals surface area contributed by atoms with Crippen LogP contribution in [-0.2, 0) is 11.2 Å². The lowest BCUT2D eigenvalue weighted by atomic mass is 10.1. The highest BCUT2D eigenvalue weighted by Crippen LogP contribution is 2.25. The third-order valence-corrected chi connectivity index (χ3v) is 3.81. The Bertz CT molecular complexity index is 660. The van der Waals surface area contributed by atoms with Gasteiger partial charge in [-0.3, -0.25) is 4.79 Å². The number of carbonyl (C=O) groups is 1. The van der Waals surface area contributed by atoms with Crippen LogP contribution < -0.4 is 11.1 Å². The maximum atomic E-state index is 13.3. The van der Waals surface area contributed by atoms with Crippen LogP contribution in [0.1, 0.15) is 24.1 Å². The topological polar surface area (TPSA) is 55.1 Å². The Hall–Kier alpha value is -1.88. The molecule has 110 valence electrons. The molecular weight excluding hydrogens is 335 g/mol. The number of nitrogens with two attached hydrogens (primary N) is 1. The lowest BCUT2D eigenvalue weighted by molar-refractivity contribution is -0.117. The Labute approximate surface area is 131 Å². The van der Waals surface area contributed by atoms with E-state index < -0.39 is 0 Å². The Morgan fingerprint density at radius 2 is 2.05 bits per heavy atom. The van der Waals surface area contributed by atoms with Gasteiger partial charge in [-0.15, -0.1) is 0 Å². The second kappa shape index (κ2) is 6.72. The van der Waals surface area contributed by atoms with Crippen molar-refractivity contribution in [2.24, 2.45) is 5.73 Å². The summed E-state index contributed by atoms with van der Waals surface area (Å²) in [5, 5.41) is 3.33. The van der Waals surface area contributed by atoms with Crippen molar-refractivity contribution in [2.45, 2.75) is 19.4 Å². The van der Waals surface area contributed by atoms with Gasteiger partial charge in [-0.25, -0.2) is 4.39 Å². The number of anilines is 1. The molecule has 0 fully saturated rings. The van der Waals surface area contributed by atoms with Crippen molar-refractivity contribution in [3.05, 3.63) is 63.9 Å². The Morgan fingerprint density at radius 1 is 1.33 bits per heavy atom. The van der Waals surface area contributed by atoms with E-state index in [-0.39, 0.29) is 24.2 Å². The van der Waals surface area contributed by atoms with Crippen LogP contribution in [0, 0.1) is 5.82 Å². The predicted molar refractivity (Wildman–Crippen MR) is 85.5 cm³/mol. The number of hydrogen-bond donors (Lipinski definition) is 2. The summed E-state index contributed by atoms with van der Waals surface area (Å²) in [4.78, 5) is 11.1. The van der Waals surface area contributed by atoms with E-state index in [1.807, 2.05) is 31.2 Å². The SMILES string of the molecule is CC(Nc1ccccc1CC(N)=O)c1ccc(F)c(Br)c1. The van der Waals surface area contributed by atoms with Crippen LogP contribution in [0.25, 0.3) is 0 Å². The van der Waals surface area contributed by atoms with Crippen LogP contribution in [0.4, 0.5) is 10.1 Å². The average molecular weight is 351 g/mol. The van der Waals surface area contributed by atoms with Crippen LogP contribution in [0.15, 0.2) is 46.9 Å². The predicted octanol–water partition coefficient (Wildman–Crippen LogP) is 3.79. The quantitative estimate of drug-likeness (QED) is 0.861. The molecular formula is C16H16BrFN2O. The van der Waals surface area contributed by atoms with E-state index in [4.69, 9.17) is 5.73 Å². The second-order valence-corrected chi connectivity index (χ2v) is 5.69. The molecule has 5 heteroatoms. The fraction of sp³-hybridized carbons (Fsp3) is 0.188. The highest BCUT2D eigenvalue weighted by molar-refractivity contribution is 9.10. The molecule has 0 aliphatic carbocycles. The molecule has 1 unspecified atom stereocenters. The van der Waals surface area contributed by atoms with Gasteiger partial charge in [0.15, 0.2) is 0 Å². The van der Waals surface area contributed by atoms with Gasteiger partial charge in [0.05, 0.1) is 10.9 Å². The van der Waals surface area contributed by atoms with E-state index in [0.717, 1.165) is 16.8 Å². The number of para-hydroxylation sites is 1. The van der Waals surface area contributed by atoms with E-state index in [2.05, 4.69) is 21.2 Å². The van der Waals surface area contributed by atoms with Crippen LogP contribution >= 0.6 is 15.9 Å². The monoisotopic (exact) mass is 350 g/mol. The normalized spacial score (nSPS) is 12.0. The molecule has 2 aromatic carbocycles. The Kier molecular flexibility index (Phi) is 4.96. The highest BCUT2D eigenvalue weighted by atomic mass is 79.9. The second-order valence-electron chi connectivity index (χ2n) is 4.84. The van der Waals surface area contributed by atoms with Crippen LogP contribution in [0.3, 0.4) is 0 Å². The van der Waals surface area contributed by atoms with E-state index in [9.17, 15) is 9.18 Å². The summed E-state index contributed by atoms with van der Waals surface area (Å²) in [7, 11) is 0. The van der Waals surface area contributed by atoms with E-state index >= 15 is 0 Å². The van der Waals surface area contributed by atoms with Gasteiger partial charge in [-0.2, -0.15) is 0 Å². The van der Waals surface area contributed by atoms with Crippen molar-refractivity contribution >= 4 is 27.5 Å². The molecule has 2 rings (SSSR count). The first-order valence-electron chi connectivity index (χ1n) is 6.55. The van der Waals surface area contributed by atoms with E-state index in [1.54, 1.807) is 12.1 Å². The third kappa shape index (κ3) is 4.04. The van der Waals surface area contributed by atoms with Crippen molar-refractivity contribution in [1.29, 1.82) is 0 Å². The zero-order valence-electron chi connectivity index (χ0n) is 11.6. The number of hydrogen-bond acceptors (Lipinski definition) is 2. The maximum absolute atomic E-state index is 13.3. The fourth-order valence-corrected chi connectivity index (χ4v) is 2.50. The molecule has 1 amide bonds. The first-order valence-corrected chi connectivity index (χ1v) is 7.34. The molecule has 2 aromatic rings. The van der Waals surface area contributed by atoms with Crippen molar-refractivity contribution in [2.75, 3.05) is 5.32 Å². The van der Waals surface area contributed by atoms with Gasteiger partial charge in [0, 0.05) is 11.7 Å². The summed E-state index contributed by atoms with van der Waals surface area (Å²) < 4.78 is 13.7. The number of primary amides is 1. The summed E-state index contributed by atoms with van der Waals surface area (Å²) in [5.74, 6) is -0.665. The zero-order chi connectivity index (χ0) is 15.4. The number of carbonyl (C=O) groups excluding carboxylic acids is 1. The zero-order valence-corrected chi connectivity index (χ0v) is 13.2. The van der Waals surface area contributed by atoms with Gasteiger partial charge in [0.25, 0.3) is 0 Å². The molecule has 0 spiro atoms. The van der Waals surface area contributed by atoms with Crippen molar-refractivity contribution < 1.29 is 9.18 Å². The average Bonchev–Trinajstić information content (AvgIpc) is 2.43. The van der Waals surface area contributed by atoms with Crippen molar-refractivity contribution in [3.8, 4) is 0 Å². The van der Waals surface area contributed by atoms with Crippen LogP contribution in [-0.4, -0.2) is 5.91 Å². The molecule has 0 saturated carbocycles. The van der Waals surface area contributed by atoms with E-state index in [0.29, 0.717) is 4.47 Å². The van der Waals surface area contributed by atoms with Gasteiger partial charge >= 0.3 is 0 Å². The van der Waals surface area contributed by atoms with Gasteiger partial charge in [-0.1, -0.05) is 24.3 Å². The molecule has 1 atom stereocenters. The van der Waals surface area contributed by atoms with E-state index in [1.165, 1.54) is 6.07 Å². The smallest absolute Gasteiger partial charge is 0.221 e. The minimum absolute atomic E-state index is 0.0315. The lowest BCUT2D eigenvalue weighted by Crippen LogP contribution is -2.16. The molecule has 0 aromatic heterocycles. The molecule has 3 nitrogen and oxygen atoms in total. The van der Waals surface area contributed by atoms with Gasteiger partial charge < -0.3 is 11.1 Å². The third-order valence-electron chi connectivity index (χ3n) is 3.20. The molecule has 21 heavy (non-hydrogen) atoms. The number of halogens is 2. The van der Waals surface area contributed by atoms with Crippen molar-refractivity contribution in [1.82, 2.24) is 0 Å². The van der Waals surface area contributed by atoms with Crippen LogP contribution in [0.2, 0.25) is 0 Å². The summed E-state index contributed by atoms with van der Waals surface area (Å²) >= 11 is 3.18. The number of rotatable bonds is 5. The maximum Gasteiger partial charge on any atom is 0.221 e. The number of amides is 1. The lowest BCUT2D eigenvalue weighted by Gasteiger charge is -2.18. The summed E-state index contributed by atoms with van der Waals surface area (Å²) in [5.41, 5.74) is 7.90. The molecule has 3 N–H and O–H groups in total. The minimum atomic E-state index is -0.374. The number of nitrogens with one attached hydrogen (secondary N) is 1. The Balaban J connectivity index is 2.21. The standard InChI is InChI=1S/C16H16BrFN2O/c1-10(11-6-7-14(18)13(17)8-11)20-15-5-3-2-4-12(15)9-16(19)21/h2-8,10,20H,9H2,1H3,(H2,19,21). The number of benzene rings is 2. The summed E-state index contributed by atoms with van der Waals surface area (Å²) in [6, 6.07) is 12.4. The molecule has 0 aliphatic heterocycles. The molecule has 0 saturated heterocycles. The first kappa shape index (κ1) is 15.5. The Morgan fingerprint density at radius 3 is 2.71 bits per heavy atom. The van der Waals surface area contributed by atoms with Gasteiger partial charge in [0.1, 0.15) is 5.82 Å². The fourth-order valence-electron chi connectivity index (χ4n) is 2.10. The highest BCUT2D eigenvalue weighted by Gasteiger charge is 2.11. The van der Waals surface area contributed by atoms with Crippen LogP contribution in [0.5, 0.6) is 0 Å². The molecule has 0 bridgehead atoms. The van der Waals surface area contributed by atoms with Gasteiger partial charge in [0.2, 0.25) is 5.91 Å². The summed E-state index contributed by atoms with van der Waals surface area (Å²) in [6.07, 6.45) is 0.184. The minimum Gasteiger partial charge on any atom is -0.378 e.